The van der Waals surface area contributed by atoms with Crippen LogP contribution in [0.4, 0.5) is 0 Å². The predicted molar refractivity (Wildman–Crippen MR) is 93.1 cm³/mol. The van der Waals surface area contributed by atoms with Gasteiger partial charge >= 0.3 is 0 Å². The molecule has 0 saturated carbocycles. The molecule has 0 amide bonds. The molecule has 1 N–H and O–H groups in total. The molecule has 1 heteroatoms. The summed E-state index contributed by atoms with van der Waals surface area (Å²) in [5.41, 5.74) is 2.66. The molecule has 0 saturated heterocycles. The summed E-state index contributed by atoms with van der Waals surface area (Å²) in [5.74, 6) is 1.29. The third-order valence-corrected chi connectivity index (χ3v) is 4.72. The number of phenols is 1. The third-order valence-electron chi connectivity index (χ3n) is 4.72. The van der Waals surface area contributed by atoms with Gasteiger partial charge in [0.25, 0.3) is 0 Å². The van der Waals surface area contributed by atoms with Gasteiger partial charge in [-0.2, -0.15) is 0 Å². The quantitative estimate of drug-likeness (QED) is 0.534. The van der Waals surface area contributed by atoms with Crippen LogP contribution in [-0.4, -0.2) is 5.11 Å². The fraction of sp³-hybridized carbons (Fsp3) is 0.700. The molecule has 1 nitrogen and oxygen atoms in total. The number of benzene rings is 1. The highest BCUT2D eigenvalue weighted by Crippen LogP contribution is 2.31. The van der Waals surface area contributed by atoms with Crippen LogP contribution in [0.25, 0.3) is 0 Å². The fourth-order valence-corrected chi connectivity index (χ4v) is 2.63. The summed E-state index contributed by atoms with van der Waals surface area (Å²) in [5, 5.41) is 10.0. The van der Waals surface area contributed by atoms with Gasteiger partial charge in [-0.25, -0.2) is 0 Å². The summed E-state index contributed by atoms with van der Waals surface area (Å²) in [7, 11) is 0. The molecule has 1 aromatic rings. The second-order valence-electron chi connectivity index (χ2n) is 7.43. The number of hydrogen-bond donors (Lipinski definition) is 1. The lowest BCUT2D eigenvalue weighted by Gasteiger charge is -2.24. The van der Waals surface area contributed by atoms with Crippen molar-refractivity contribution in [1.29, 1.82) is 0 Å². The molecular weight excluding hydrogens is 256 g/mol. The first-order valence-corrected chi connectivity index (χ1v) is 8.69. The van der Waals surface area contributed by atoms with Crippen molar-refractivity contribution in [1.82, 2.24) is 0 Å². The highest BCUT2D eigenvalue weighted by molar-refractivity contribution is 5.39. The van der Waals surface area contributed by atoms with Crippen molar-refractivity contribution in [3.63, 3.8) is 0 Å². The first-order valence-electron chi connectivity index (χ1n) is 8.69. The Hall–Kier alpha value is -0.980. The van der Waals surface area contributed by atoms with Crippen molar-refractivity contribution in [2.24, 2.45) is 5.92 Å². The van der Waals surface area contributed by atoms with E-state index >= 15 is 0 Å². The zero-order valence-corrected chi connectivity index (χ0v) is 14.7. The molecule has 21 heavy (non-hydrogen) atoms. The highest BCUT2D eigenvalue weighted by atomic mass is 16.3. The maximum absolute atomic E-state index is 10.0. The molecular formula is C20H34O. The molecule has 0 atom stereocenters. The third kappa shape index (κ3) is 6.11. The Morgan fingerprint density at radius 2 is 1.71 bits per heavy atom. The second-order valence-corrected chi connectivity index (χ2v) is 7.43. The van der Waals surface area contributed by atoms with E-state index in [4.69, 9.17) is 0 Å². The molecule has 1 aromatic carbocycles. The maximum Gasteiger partial charge on any atom is 0.118 e. The van der Waals surface area contributed by atoms with Gasteiger partial charge in [0.05, 0.1) is 0 Å². The van der Waals surface area contributed by atoms with E-state index in [9.17, 15) is 5.11 Å². The second kappa shape index (κ2) is 8.46. The van der Waals surface area contributed by atoms with Crippen LogP contribution in [-0.2, 0) is 11.8 Å². The van der Waals surface area contributed by atoms with Gasteiger partial charge in [-0.05, 0) is 47.8 Å². The van der Waals surface area contributed by atoms with Gasteiger partial charge in [-0.15, -0.1) is 0 Å². The largest absolute Gasteiger partial charge is 0.508 e. The smallest absolute Gasteiger partial charge is 0.118 e. The van der Waals surface area contributed by atoms with E-state index in [1.807, 2.05) is 6.07 Å². The van der Waals surface area contributed by atoms with E-state index in [1.165, 1.54) is 37.7 Å². The minimum absolute atomic E-state index is 0.194. The summed E-state index contributed by atoms with van der Waals surface area (Å²) in [6.45, 7) is 11.4. The van der Waals surface area contributed by atoms with Crippen molar-refractivity contribution >= 4 is 0 Å². The minimum atomic E-state index is 0.194. The van der Waals surface area contributed by atoms with Crippen molar-refractivity contribution in [2.75, 3.05) is 0 Å². The summed E-state index contributed by atoms with van der Waals surface area (Å²) in [4.78, 5) is 0. The van der Waals surface area contributed by atoms with Crippen LogP contribution in [0.5, 0.6) is 5.75 Å². The first-order chi connectivity index (χ1) is 9.86. The van der Waals surface area contributed by atoms with Gasteiger partial charge in [0.15, 0.2) is 0 Å². The lowest BCUT2D eigenvalue weighted by Crippen LogP contribution is -2.15. The zero-order chi connectivity index (χ0) is 15.9. The van der Waals surface area contributed by atoms with Crippen LogP contribution < -0.4 is 0 Å². The number of aryl methyl sites for hydroxylation is 1. The summed E-state index contributed by atoms with van der Waals surface area (Å²) < 4.78 is 0. The average molecular weight is 290 g/mol. The lowest BCUT2D eigenvalue weighted by atomic mass is 9.81. The number of aromatic hydroxyl groups is 1. The molecule has 0 unspecified atom stereocenters. The van der Waals surface area contributed by atoms with E-state index in [2.05, 4.69) is 46.8 Å². The van der Waals surface area contributed by atoms with E-state index in [0.29, 0.717) is 5.75 Å². The molecule has 0 aromatic heterocycles. The van der Waals surface area contributed by atoms with Crippen LogP contribution in [0.2, 0.25) is 0 Å². The summed E-state index contributed by atoms with van der Waals surface area (Å²) in [6.07, 6.45) is 8.57. The van der Waals surface area contributed by atoms with Crippen LogP contribution in [0, 0.1) is 5.92 Å². The van der Waals surface area contributed by atoms with E-state index in [-0.39, 0.29) is 5.41 Å². The van der Waals surface area contributed by atoms with Crippen LogP contribution in [0.3, 0.4) is 0 Å². The molecule has 0 aliphatic carbocycles. The van der Waals surface area contributed by atoms with Gasteiger partial charge in [-0.3, -0.25) is 0 Å². The van der Waals surface area contributed by atoms with Gasteiger partial charge in [0.2, 0.25) is 0 Å². The SMILES string of the molecule is CCC(C)(C)c1ccc(O)c(CCCCCCC(C)C)c1. The normalized spacial score (nSPS) is 12.1. The van der Waals surface area contributed by atoms with E-state index < -0.39 is 0 Å². The molecule has 0 spiro atoms. The van der Waals surface area contributed by atoms with E-state index in [0.717, 1.165) is 24.3 Å². The Bertz CT molecular complexity index is 418. The number of hydrogen-bond acceptors (Lipinski definition) is 1. The molecule has 0 aliphatic rings. The monoisotopic (exact) mass is 290 g/mol. The van der Waals surface area contributed by atoms with E-state index in [1.54, 1.807) is 0 Å². The molecule has 0 heterocycles. The standard InChI is InChI=1S/C20H34O/c1-6-20(4,5)18-13-14-19(21)17(15-18)12-10-8-7-9-11-16(2)3/h13-16,21H,6-12H2,1-5H3. The lowest BCUT2D eigenvalue weighted by molar-refractivity contribution is 0.461. The number of phenolic OH excluding ortho intramolecular Hbond substituents is 1. The van der Waals surface area contributed by atoms with Crippen molar-refractivity contribution < 1.29 is 5.11 Å². The van der Waals surface area contributed by atoms with Gasteiger partial charge in [-0.1, -0.05) is 72.4 Å². The molecule has 120 valence electrons. The molecule has 0 bridgehead atoms. The topological polar surface area (TPSA) is 20.2 Å². The van der Waals surface area contributed by atoms with Crippen molar-refractivity contribution in [3.05, 3.63) is 29.3 Å². The van der Waals surface area contributed by atoms with Gasteiger partial charge in [0, 0.05) is 0 Å². The van der Waals surface area contributed by atoms with Crippen LogP contribution in [0.15, 0.2) is 18.2 Å². The Morgan fingerprint density at radius 3 is 2.33 bits per heavy atom. The Labute approximate surface area is 131 Å². The molecule has 1 rings (SSSR count). The van der Waals surface area contributed by atoms with Gasteiger partial charge in [0.1, 0.15) is 5.75 Å². The van der Waals surface area contributed by atoms with Crippen molar-refractivity contribution in [2.45, 2.75) is 85.0 Å². The predicted octanol–water partition coefficient (Wildman–Crippen LogP) is 6.23. The van der Waals surface area contributed by atoms with Crippen LogP contribution in [0.1, 0.15) is 84.3 Å². The number of rotatable bonds is 9. The maximum atomic E-state index is 10.0. The first kappa shape index (κ1) is 18.1. The van der Waals surface area contributed by atoms with Crippen molar-refractivity contribution in [3.8, 4) is 5.75 Å². The Balaban J connectivity index is 2.49. The highest BCUT2D eigenvalue weighted by Gasteiger charge is 2.19. The van der Waals surface area contributed by atoms with Crippen LogP contribution >= 0.6 is 0 Å². The summed E-state index contributed by atoms with van der Waals surface area (Å²) >= 11 is 0. The molecule has 0 aliphatic heterocycles. The fourth-order valence-electron chi connectivity index (χ4n) is 2.63. The average Bonchev–Trinajstić information content (AvgIpc) is 2.43. The Kier molecular flexibility index (Phi) is 7.28. The van der Waals surface area contributed by atoms with Gasteiger partial charge < -0.3 is 5.11 Å². The zero-order valence-electron chi connectivity index (χ0n) is 14.7. The molecule has 0 radical (unpaired) electrons. The minimum Gasteiger partial charge on any atom is -0.508 e. The molecule has 0 fully saturated rings. The number of unbranched alkanes of at least 4 members (excludes halogenated alkanes) is 3. The Morgan fingerprint density at radius 1 is 1.05 bits per heavy atom. The summed E-state index contributed by atoms with van der Waals surface area (Å²) in [6, 6.07) is 6.17.